The van der Waals surface area contributed by atoms with Gasteiger partial charge in [0.1, 0.15) is 5.82 Å². The molecule has 0 saturated heterocycles. The molecule has 0 atom stereocenters. The van der Waals surface area contributed by atoms with Crippen LogP contribution in [0.3, 0.4) is 0 Å². The van der Waals surface area contributed by atoms with Gasteiger partial charge in [-0.05, 0) is 6.92 Å². The number of carbonyl (C=O) groups is 1. The minimum Gasteiger partial charge on any atom is -0.319 e. The number of hydrogen-bond donors (Lipinski definition) is 1. The van der Waals surface area contributed by atoms with Crippen molar-refractivity contribution in [1.29, 1.82) is 0 Å². The van der Waals surface area contributed by atoms with Crippen LogP contribution in [0.15, 0.2) is 43.0 Å². The summed E-state index contributed by atoms with van der Waals surface area (Å²) in [4.78, 5) is 44.8. The molecule has 0 spiro atoms. The van der Waals surface area contributed by atoms with Crippen molar-refractivity contribution in [2.24, 2.45) is 0 Å². The van der Waals surface area contributed by atoms with Gasteiger partial charge in [-0.2, -0.15) is 0 Å². The van der Waals surface area contributed by atoms with Gasteiger partial charge in [0, 0.05) is 24.5 Å². The third kappa shape index (κ3) is 3.73. The van der Waals surface area contributed by atoms with Crippen molar-refractivity contribution in [3.8, 4) is 5.95 Å². The fourth-order valence-electron chi connectivity index (χ4n) is 2.24. The molecule has 3 rings (SSSR count). The molecular formula is C15H11N7O5. The summed E-state index contributed by atoms with van der Waals surface area (Å²) in [6.45, 7) is 1.77. The Hall–Kier alpha value is -4.22. The van der Waals surface area contributed by atoms with Crippen molar-refractivity contribution in [2.75, 3.05) is 5.32 Å². The number of nitrogens with zero attached hydrogens (tertiary/aromatic N) is 6. The summed E-state index contributed by atoms with van der Waals surface area (Å²) in [5, 5.41) is 24.3. The highest BCUT2D eigenvalue weighted by molar-refractivity contribution is 6.05. The zero-order valence-corrected chi connectivity index (χ0v) is 13.8. The largest absolute Gasteiger partial charge is 0.319 e. The molecule has 0 unspecified atom stereocenters. The second-order valence-electron chi connectivity index (χ2n) is 5.32. The number of benzene rings is 1. The van der Waals surface area contributed by atoms with Gasteiger partial charge >= 0.3 is 0 Å². The molecule has 1 N–H and O–H groups in total. The molecule has 1 amide bonds. The number of nitrogens with one attached hydrogen (secondary N) is 1. The predicted octanol–water partition coefficient (Wildman–Crippen LogP) is 2.04. The lowest BCUT2D eigenvalue weighted by atomic mass is 10.1. The lowest BCUT2D eigenvalue weighted by molar-refractivity contribution is -0.394. The number of hydrogen-bond acceptors (Lipinski definition) is 8. The summed E-state index contributed by atoms with van der Waals surface area (Å²) in [5.74, 6) is 0.252. The van der Waals surface area contributed by atoms with Crippen LogP contribution in [0.4, 0.5) is 17.1 Å². The van der Waals surface area contributed by atoms with Gasteiger partial charge in [0.2, 0.25) is 5.95 Å². The van der Waals surface area contributed by atoms with Crippen molar-refractivity contribution >= 4 is 23.0 Å². The third-order valence-corrected chi connectivity index (χ3v) is 3.52. The van der Waals surface area contributed by atoms with E-state index in [0.717, 1.165) is 18.2 Å². The van der Waals surface area contributed by atoms with E-state index in [2.05, 4.69) is 20.3 Å². The molecule has 3 aromatic rings. The van der Waals surface area contributed by atoms with E-state index in [-0.39, 0.29) is 11.3 Å². The minimum absolute atomic E-state index is 0.218. The van der Waals surface area contributed by atoms with Crippen molar-refractivity contribution in [2.45, 2.75) is 6.92 Å². The number of nitro groups is 2. The molecule has 0 bridgehead atoms. The van der Waals surface area contributed by atoms with Crippen LogP contribution in [0, 0.1) is 27.2 Å². The van der Waals surface area contributed by atoms with E-state index in [1.807, 2.05) is 0 Å². The van der Waals surface area contributed by atoms with Crippen LogP contribution in [0.5, 0.6) is 0 Å². The second-order valence-corrected chi connectivity index (χ2v) is 5.32. The molecule has 0 fully saturated rings. The Labute approximate surface area is 150 Å². The average Bonchev–Trinajstić information content (AvgIpc) is 3.07. The number of anilines is 1. The maximum Gasteiger partial charge on any atom is 0.277 e. The Balaban J connectivity index is 1.84. The van der Waals surface area contributed by atoms with Gasteiger partial charge in [0.05, 0.1) is 39.6 Å². The highest BCUT2D eigenvalue weighted by Gasteiger charge is 2.20. The molecule has 2 aromatic heterocycles. The minimum atomic E-state index is -0.810. The van der Waals surface area contributed by atoms with E-state index in [4.69, 9.17) is 0 Å². The molecule has 12 heteroatoms. The smallest absolute Gasteiger partial charge is 0.277 e. The zero-order valence-electron chi connectivity index (χ0n) is 13.8. The molecule has 0 aliphatic rings. The normalized spacial score (nSPS) is 10.4. The summed E-state index contributed by atoms with van der Waals surface area (Å²) in [5.41, 5.74) is -1.13. The third-order valence-electron chi connectivity index (χ3n) is 3.52. The monoisotopic (exact) mass is 369 g/mol. The maximum atomic E-state index is 12.3. The van der Waals surface area contributed by atoms with Crippen molar-refractivity contribution in [1.82, 2.24) is 19.5 Å². The molecule has 27 heavy (non-hydrogen) atoms. The molecule has 0 radical (unpaired) electrons. The maximum absolute atomic E-state index is 12.3. The molecule has 12 nitrogen and oxygen atoms in total. The lowest BCUT2D eigenvalue weighted by Gasteiger charge is -2.06. The van der Waals surface area contributed by atoms with E-state index in [9.17, 15) is 25.0 Å². The second kappa shape index (κ2) is 6.95. The fourth-order valence-corrected chi connectivity index (χ4v) is 2.24. The molecule has 2 heterocycles. The molecule has 136 valence electrons. The van der Waals surface area contributed by atoms with Crippen LogP contribution in [0.2, 0.25) is 0 Å². The molecular weight excluding hydrogens is 358 g/mol. The van der Waals surface area contributed by atoms with Crippen LogP contribution in [0.1, 0.15) is 16.2 Å². The summed E-state index contributed by atoms with van der Waals surface area (Å²) in [7, 11) is 0. The number of rotatable bonds is 5. The van der Waals surface area contributed by atoms with E-state index in [1.165, 1.54) is 12.4 Å². The Morgan fingerprint density at radius 3 is 2.11 bits per heavy atom. The highest BCUT2D eigenvalue weighted by Crippen LogP contribution is 2.23. The number of aromatic nitrogens is 4. The molecule has 0 aliphatic heterocycles. The van der Waals surface area contributed by atoms with Gasteiger partial charge in [0.15, 0.2) is 0 Å². The van der Waals surface area contributed by atoms with Crippen LogP contribution in [-0.4, -0.2) is 35.3 Å². The average molecular weight is 369 g/mol. The number of nitro benzene ring substituents is 2. The highest BCUT2D eigenvalue weighted by atomic mass is 16.6. The molecule has 0 aliphatic carbocycles. The number of imidazole rings is 1. The van der Waals surface area contributed by atoms with Crippen LogP contribution < -0.4 is 5.32 Å². The van der Waals surface area contributed by atoms with Crippen molar-refractivity contribution in [3.05, 3.63) is 74.6 Å². The van der Waals surface area contributed by atoms with Crippen LogP contribution >= 0.6 is 0 Å². The Bertz CT molecular complexity index is 1010. The fraction of sp³-hybridized carbons (Fsp3) is 0.0667. The number of amides is 1. The number of carbonyl (C=O) groups excluding carboxylic acids is 1. The van der Waals surface area contributed by atoms with E-state index < -0.39 is 27.1 Å². The lowest BCUT2D eigenvalue weighted by Crippen LogP contribution is -2.13. The quantitative estimate of drug-likeness (QED) is 0.528. The van der Waals surface area contributed by atoms with Crippen molar-refractivity contribution in [3.63, 3.8) is 0 Å². The first-order valence-electron chi connectivity index (χ1n) is 7.43. The van der Waals surface area contributed by atoms with Crippen LogP contribution in [0.25, 0.3) is 5.95 Å². The zero-order chi connectivity index (χ0) is 19.6. The topological polar surface area (TPSA) is 159 Å². The standard InChI is InChI=1S/C15H11N7O5/c1-9-16-2-3-20(9)15-17-7-11(8-18-15)19-14(23)10-4-12(21(24)25)6-13(5-10)22(26)27/h2-8H,1H3,(H,19,23). The molecule has 1 aromatic carbocycles. The Morgan fingerprint density at radius 1 is 1.04 bits per heavy atom. The van der Waals surface area contributed by atoms with Gasteiger partial charge in [-0.3, -0.25) is 29.6 Å². The van der Waals surface area contributed by atoms with E-state index >= 15 is 0 Å². The summed E-state index contributed by atoms with van der Waals surface area (Å²) in [6.07, 6.45) is 5.94. The van der Waals surface area contributed by atoms with Gasteiger partial charge < -0.3 is 5.32 Å². The van der Waals surface area contributed by atoms with E-state index in [0.29, 0.717) is 11.8 Å². The molecule has 0 saturated carbocycles. The van der Waals surface area contributed by atoms with E-state index in [1.54, 1.807) is 23.9 Å². The summed E-state index contributed by atoms with van der Waals surface area (Å²) < 4.78 is 1.63. The van der Waals surface area contributed by atoms with Crippen molar-refractivity contribution < 1.29 is 14.6 Å². The first-order chi connectivity index (χ1) is 12.8. The van der Waals surface area contributed by atoms with Gasteiger partial charge in [-0.15, -0.1) is 0 Å². The number of non-ortho nitro benzene ring substituents is 2. The SMILES string of the molecule is Cc1nccn1-c1ncc(NC(=O)c2cc([N+](=O)[O-])cc([N+](=O)[O-])c2)cn1. The van der Waals surface area contributed by atoms with Gasteiger partial charge in [-0.25, -0.2) is 15.0 Å². The summed E-state index contributed by atoms with van der Waals surface area (Å²) >= 11 is 0. The summed E-state index contributed by atoms with van der Waals surface area (Å²) in [6, 6.07) is 2.68. The Kier molecular flexibility index (Phi) is 4.53. The van der Waals surface area contributed by atoms with Crippen LogP contribution in [-0.2, 0) is 0 Å². The Morgan fingerprint density at radius 2 is 1.63 bits per heavy atom. The van der Waals surface area contributed by atoms with Gasteiger partial charge in [-0.1, -0.05) is 0 Å². The predicted molar refractivity (Wildman–Crippen MR) is 91.6 cm³/mol. The first kappa shape index (κ1) is 17.6. The number of aryl methyl sites for hydroxylation is 1. The van der Waals surface area contributed by atoms with Gasteiger partial charge in [0.25, 0.3) is 17.3 Å². The first-order valence-corrected chi connectivity index (χ1v) is 7.43.